The number of hydrogen-bond donors (Lipinski definition) is 0. The van der Waals surface area contributed by atoms with Crippen LogP contribution in [0.3, 0.4) is 0 Å². The SMILES string of the molecule is CC(C)(C)c1ccc(N2B3c4cccc5c4N(c4ccccc4C54c5ccccc5-c5ccccc54)c4cc(-c5ccccc5)cc(c43)-c3c2ccc2oc4cc5c(cc4c32)C(C)(C)CCC5(C)C)cc1. The molecule has 342 valence electrons. The van der Waals surface area contributed by atoms with E-state index in [1.165, 1.54) is 122 Å². The van der Waals surface area contributed by atoms with E-state index in [-0.39, 0.29) is 23.1 Å². The maximum atomic E-state index is 7.12. The number of fused-ring (bicyclic) bond motifs is 18. The maximum Gasteiger partial charge on any atom is 0.333 e. The molecule has 71 heavy (non-hydrogen) atoms. The van der Waals surface area contributed by atoms with E-state index in [9.17, 15) is 0 Å². The average molecular weight is 915 g/mol. The number of anilines is 5. The molecule has 0 amide bonds. The van der Waals surface area contributed by atoms with Crippen LogP contribution in [0.5, 0.6) is 0 Å². The number of rotatable bonds is 2. The van der Waals surface area contributed by atoms with Gasteiger partial charge < -0.3 is 14.1 Å². The van der Waals surface area contributed by atoms with Gasteiger partial charge in [0, 0.05) is 39.1 Å². The van der Waals surface area contributed by atoms with E-state index in [0.717, 1.165) is 24.0 Å². The quantitative estimate of drug-likeness (QED) is 0.161. The minimum Gasteiger partial charge on any atom is -0.456 e. The second-order valence-corrected chi connectivity index (χ2v) is 23.4. The molecule has 0 radical (unpaired) electrons. The molecule has 2 aliphatic carbocycles. The van der Waals surface area contributed by atoms with Crippen molar-refractivity contribution in [2.45, 2.75) is 83.0 Å². The summed E-state index contributed by atoms with van der Waals surface area (Å²) >= 11 is 0. The molecule has 0 saturated carbocycles. The molecule has 4 heterocycles. The summed E-state index contributed by atoms with van der Waals surface area (Å²) in [6, 6.07) is 70.0. The van der Waals surface area contributed by atoms with Crippen LogP contribution >= 0.6 is 0 Å². The summed E-state index contributed by atoms with van der Waals surface area (Å²) in [7, 11) is 0. The van der Waals surface area contributed by atoms with Crippen LogP contribution in [0.25, 0.3) is 55.3 Å². The summed E-state index contributed by atoms with van der Waals surface area (Å²) < 4.78 is 7.12. The molecule has 0 N–H and O–H groups in total. The Morgan fingerprint density at radius 3 is 1.83 bits per heavy atom. The highest BCUT2D eigenvalue weighted by Gasteiger charge is 2.56. The molecule has 1 spiro atoms. The fraction of sp³-hybridized carbons (Fsp3) is 0.194. The number of para-hydroxylation sites is 2. The van der Waals surface area contributed by atoms with Crippen molar-refractivity contribution in [3.8, 4) is 33.4 Å². The minimum atomic E-state index is -0.530. The molecular formula is C67H55BN2O. The lowest BCUT2D eigenvalue weighted by atomic mass is 9.42. The van der Waals surface area contributed by atoms with Crippen molar-refractivity contribution in [2.75, 3.05) is 9.71 Å². The Morgan fingerprint density at radius 2 is 1.13 bits per heavy atom. The lowest BCUT2D eigenvalue weighted by molar-refractivity contribution is 0.332. The molecule has 0 bridgehead atoms. The van der Waals surface area contributed by atoms with Crippen molar-refractivity contribution in [2.24, 2.45) is 0 Å². The molecule has 4 heteroatoms. The molecule has 3 aliphatic heterocycles. The summed E-state index contributed by atoms with van der Waals surface area (Å²) in [5, 5.41) is 2.39. The van der Waals surface area contributed by atoms with Gasteiger partial charge >= 0.3 is 6.85 Å². The number of furan rings is 1. The average Bonchev–Trinajstić information content (AvgIpc) is 3.92. The fourth-order valence-electron chi connectivity index (χ4n) is 14.1. The number of benzene rings is 9. The Bertz CT molecular complexity index is 3900. The van der Waals surface area contributed by atoms with Crippen LogP contribution in [-0.4, -0.2) is 6.85 Å². The van der Waals surface area contributed by atoms with Gasteiger partial charge in [0.25, 0.3) is 0 Å². The van der Waals surface area contributed by atoms with Gasteiger partial charge in [-0.1, -0.05) is 176 Å². The van der Waals surface area contributed by atoms with Crippen LogP contribution in [0.4, 0.5) is 28.4 Å². The highest BCUT2D eigenvalue weighted by atomic mass is 16.3. The van der Waals surface area contributed by atoms with Gasteiger partial charge in [0.15, 0.2) is 0 Å². The summed E-state index contributed by atoms with van der Waals surface area (Å²) in [6.45, 7) is 16.5. The first kappa shape index (κ1) is 41.2. The van der Waals surface area contributed by atoms with Crippen LogP contribution in [0.15, 0.2) is 186 Å². The molecule has 0 fully saturated rings. The zero-order valence-electron chi connectivity index (χ0n) is 41.6. The van der Waals surface area contributed by atoms with Gasteiger partial charge in [-0.05, 0) is 161 Å². The number of hydrogen-bond acceptors (Lipinski definition) is 3. The molecular weight excluding hydrogens is 860 g/mol. The van der Waals surface area contributed by atoms with Crippen LogP contribution < -0.4 is 20.6 Å². The summed E-state index contributed by atoms with van der Waals surface area (Å²) in [4.78, 5) is 5.35. The van der Waals surface area contributed by atoms with E-state index in [4.69, 9.17) is 4.42 Å². The lowest BCUT2D eigenvalue weighted by Gasteiger charge is -2.51. The monoisotopic (exact) mass is 914 g/mol. The third kappa shape index (κ3) is 5.30. The molecule has 9 aromatic carbocycles. The summed E-state index contributed by atoms with van der Waals surface area (Å²) in [6.07, 6.45) is 2.30. The second kappa shape index (κ2) is 13.9. The van der Waals surface area contributed by atoms with Gasteiger partial charge in [-0.15, -0.1) is 0 Å². The van der Waals surface area contributed by atoms with Crippen LogP contribution in [-0.2, 0) is 21.7 Å². The first-order valence-electron chi connectivity index (χ1n) is 25.7. The lowest BCUT2D eigenvalue weighted by Crippen LogP contribution is -2.62. The van der Waals surface area contributed by atoms with E-state index in [1.807, 2.05) is 0 Å². The van der Waals surface area contributed by atoms with Crippen molar-refractivity contribution >= 4 is 68.1 Å². The van der Waals surface area contributed by atoms with E-state index in [1.54, 1.807) is 0 Å². The van der Waals surface area contributed by atoms with Crippen molar-refractivity contribution < 1.29 is 4.42 Å². The molecule has 3 nitrogen and oxygen atoms in total. The molecule has 5 aliphatic rings. The Kier molecular flexibility index (Phi) is 8.05. The molecule has 0 saturated heterocycles. The molecule has 15 rings (SSSR count). The standard InChI is InChI=1S/C67H55BN2O/c1-64(2,3)42-28-30-43(31-29-42)70-56-32-33-58-61(46-38-52-53(39-59(46)71-58)66(6,7)35-34-65(52,4)5)60(56)47-36-41(40-18-9-8-10-19-40)37-57-62(47)68(70)54-26-17-25-51-63(54)69(57)55-27-16-15-24-50(55)67(51)48-22-13-11-20-44(48)45-21-12-14-23-49(45)67/h8-33,36-39H,34-35H2,1-7H3. The topological polar surface area (TPSA) is 19.6 Å². The second-order valence-electron chi connectivity index (χ2n) is 23.4. The van der Waals surface area contributed by atoms with E-state index in [0.29, 0.717) is 0 Å². The Morgan fingerprint density at radius 1 is 0.493 bits per heavy atom. The minimum absolute atomic E-state index is 0.00865. The van der Waals surface area contributed by atoms with Crippen molar-refractivity contribution in [1.82, 2.24) is 0 Å². The Labute approximate surface area is 417 Å². The fourth-order valence-corrected chi connectivity index (χ4v) is 14.1. The predicted octanol–water partition coefficient (Wildman–Crippen LogP) is 16.3. The first-order valence-corrected chi connectivity index (χ1v) is 25.7. The molecule has 1 aromatic heterocycles. The van der Waals surface area contributed by atoms with E-state index in [2.05, 4.69) is 240 Å². The van der Waals surface area contributed by atoms with E-state index < -0.39 is 5.41 Å². The van der Waals surface area contributed by atoms with Crippen molar-refractivity contribution in [3.63, 3.8) is 0 Å². The van der Waals surface area contributed by atoms with Gasteiger partial charge in [0.05, 0.1) is 11.1 Å². The van der Waals surface area contributed by atoms with E-state index >= 15 is 0 Å². The van der Waals surface area contributed by atoms with Crippen LogP contribution in [0.1, 0.15) is 100 Å². The Hall–Kier alpha value is -7.56. The van der Waals surface area contributed by atoms with Crippen LogP contribution in [0, 0.1) is 0 Å². The zero-order valence-corrected chi connectivity index (χ0v) is 41.6. The summed E-state index contributed by atoms with van der Waals surface area (Å²) in [5.74, 6) is 0. The third-order valence-electron chi connectivity index (χ3n) is 17.7. The highest BCUT2D eigenvalue weighted by Crippen LogP contribution is 2.64. The predicted molar refractivity (Wildman–Crippen MR) is 298 cm³/mol. The summed E-state index contributed by atoms with van der Waals surface area (Å²) in [5.41, 5.74) is 27.2. The van der Waals surface area contributed by atoms with Crippen molar-refractivity contribution in [1.29, 1.82) is 0 Å². The highest BCUT2D eigenvalue weighted by molar-refractivity contribution is 6.94. The molecule has 10 aromatic rings. The molecule has 0 atom stereocenters. The number of nitrogens with zero attached hydrogens (tertiary/aromatic N) is 2. The maximum absolute atomic E-state index is 7.12. The smallest absolute Gasteiger partial charge is 0.333 e. The largest absolute Gasteiger partial charge is 0.456 e. The normalized spacial score (nSPS) is 16.8. The van der Waals surface area contributed by atoms with Gasteiger partial charge in [-0.2, -0.15) is 0 Å². The van der Waals surface area contributed by atoms with Crippen LogP contribution in [0.2, 0.25) is 0 Å². The molecule has 0 unspecified atom stereocenters. The Balaban J connectivity index is 1.11. The van der Waals surface area contributed by atoms with Gasteiger partial charge in [0.1, 0.15) is 11.2 Å². The first-order chi connectivity index (χ1) is 34.3. The third-order valence-corrected chi connectivity index (χ3v) is 17.7. The van der Waals surface area contributed by atoms with Gasteiger partial charge in [-0.3, -0.25) is 0 Å². The zero-order chi connectivity index (χ0) is 47.9. The van der Waals surface area contributed by atoms with Crippen molar-refractivity contribution in [3.05, 3.63) is 221 Å². The van der Waals surface area contributed by atoms with Gasteiger partial charge in [0.2, 0.25) is 0 Å². The van der Waals surface area contributed by atoms with Gasteiger partial charge in [-0.25, -0.2) is 0 Å².